The lowest BCUT2D eigenvalue weighted by molar-refractivity contribution is -0.139. The second kappa shape index (κ2) is 6.26. The first-order valence-corrected chi connectivity index (χ1v) is 5.80. The summed E-state index contributed by atoms with van der Waals surface area (Å²) in [6, 6.07) is 2.04. The molecule has 1 aromatic carbocycles. The SMILES string of the molecule is CC(C)C[C@H](NC(=O)c1cccc(F)c1F)C(=O)O. The smallest absolute Gasteiger partial charge is 0.326 e. The Balaban J connectivity index is 2.88. The zero-order valence-corrected chi connectivity index (χ0v) is 10.6. The largest absolute Gasteiger partial charge is 0.480 e. The Kier molecular flexibility index (Phi) is 4.97. The molecule has 6 heteroatoms. The maximum atomic E-state index is 13.4. The van der Waals surface area contributed by atoms with Crippen molar-refractivity contribution in [3.05, 3.63) is 35.4 Å². The summed E-state index contributed by atoms with van der Waals surface area (Å²) < 4.78 is 26.4. The summed E-state index contributed by atoms with van der Waals surface area (Å²) in [5.74, 6) is -4.54. The molecule has 19 heavy (non-hydrogen) atoms. The van der Waals surface area contributed by atoms with Gasteiger partial charge in [-0.15, -0.1) is 0 Å². The van der Waals surface area contributed by atoms with Crippen LogP contribution < -0.4 is 5.32 Å². The molecule has 104 valence electrons. The van der Waals surface area contributed by atoms with Crippen LogP contribution in [0.4, 0.5) is 8.78 Å². The van der Waals surface area contributed by atoms with Crippen molar-refractivity contribution in [3.8, 4) is 0 Å². The monoisotopic (exact) mass is 271 g/mol. The van der Waals surface area contributed by atoms with E-state index in [-0.39, 0.29) is 12.3 Å². The highest BCUT2D eigenvalue weighted by atomic mass is 19.2. The van der Waals surface area contributed by atoms with Crippen molar-refractivity contribution in [2.45, 2.75) is 26.3 Å². The molecule has 1 rings (SSSR count). The molecule has 0 bridgehead atoms. The van der Waals surface area contributed by atoms with Gasteiger partial charge in [0.25, 0.3) is 5.91 Å². The minimum Gasteiger partial charge on any atom is -0.480 e. The van der Waals surface area contributed by atoms with Crippen LogP contribution in [0.25, 0.3) is 0 Å². The number of carboxylic acid groups (broad SMARTS) is 1. The molecule has 0 saturated carbocycles. The number of amides is 1. The summed E-state index contributed by atoms with van der Waals surface area (Å²) in [5.41, 5.74) is -0.505. The van der Waals surface area contributed by atoms with E-state index >= 15 is 0 Å². The molecule has 0 saturated heterocycles. The number of carbonyl (C=O) groups is 2. The number of hydrogen-bond donors (Lipinski definition) is 2. The Bertz CT molecular complexity index is 489. The van der Waals surface area contributed by atoms with Crippen molar-refractivity contribution in [2.24, 2.45) is 5.92 Å². The number of aliphatic carboxylic acids is 1. The summed E-state index contributed by atoms with van der Waals surface area (Å²) in [6.45, 7) is 3.59. The van der Waals surface area contributed by atoms with E-state index in [1.807, 2.05) is 0 Å². The van der Waals surface area contributed by atoms with Gasteiger partial charge in [-0.1, -0.05) is 19.9 Å². The Morgan fingerprint density at radius 1 is 1.32 bits per heavy atom. The lowest BCUT2D eigenvalue weighted by Gasteiger charge is -2.16. The molecular formula is C13H15F2NO3. The number of carbonyl (C=O) groups excluding carboxylic acids is 1. The van der Waals surface area contributed by atoms with E-state index < -0.39 is 35.1 Å². The molecule has 0 fully saturated rings. The maximum Gasteiger partial charge on any atom is 0.326 e. The van der Waals surface area contributed by atoms with Gasteiger partial charge in [0.1, 0.15) is 6.04 Å². The summed E-state index contributed by atoms with van der Waals surface area (Å²) in [4.78, 5) is 22.7. The van der Waals surface area contributed by atoms with Gasteiger partial charge in [-0.25, -0.2) is 13.6 Å². The fraction of sp³-hybridized carbons (Fsp3) is 0.385. The first-order valence-electron chi connectivity index (χ1n) is 5.80. The summed E-state index contributed by atoms with van der Waals surface area (Å²) >= 11 is 0. The van der Waals surface area contributed by atoms with Gasteiger partial charge in [0, 0.05) is 0 Å². The van der Waals surface area contributed by atoms with Crippen molar-refractivity contribution in [2.75, 3.05) is 0 Å². The maximum absolute atomic E-state index is 13.4. The van der Waals surface area contributed by atoms with E-state index in [9.17, 15) is 18.4 Å². The Hall–Kier alpha value is -1.98. The number of benzene rings is 1. The van der Waals surface area contributed by atoms with E-state index in [1.165, 1.54) is 6.07 Å². The molecule has 1 amide bonds. The number of halogens is 2. The van der Waals surface area contributed by atoms with Crippen LogP contribution in [0.2, 0.25) is 0 Å². The van der Waals surface area contributed by atoms with Crippen LogP contribution in [0.5, 0.6) is 0 Å². The van der Waals surface area contributed by atoms with Crippen LogP contribution in [-0.2, 0) is 4.79 Å². The average molecular weight is 271 g/mol. The molecule has 2 N–H and O–H groups in total. The van der Waals surface area contributed by atoms with Gasteiger partial charge in [-0.05, 0) is 24.5 Å². The van der Waals surface area contributed by atoms with Crippen LogP contribution in [0.15, 0.2) is 18.2 Å². The predicted octanol–water partition coefficient (Wildman–Crippen LogP) is 2.19. The van der Waals surface area contributed by atoms with E-state index in [4.69, 9.17) is 5.11 Å². The molecule has 4 nitrogen and oxygen atoms in total. The molecule has 1 atom stereocenters. The highest BCUT2D eigenvalue weighted by molar-refractivity contribution is 5.96. The molecule has 0 heterocycles. The first kappa shape index (κ1) is 15.1. The number of hydrogen-bond acceptors (Lipinski definition) is 2. The van der Waals surface area contributed by atoms with Crippen molar-refractivity contribution >= 4 is 11.9 Å². The molecule has 0 aliphatic heterocycles. The fourth-order valence-electron chi connectivity index (χ4n) is 1.61. The molecule has 1 aromatic rings. The van der Waals surface area contributed by atoms with Gasteiger partial charge in [0.05, 0.1) is 5.56 Å². The van der Waals surface area contributed by atoms with Crippen molar-refractivity contribution < 1.29 is 23.5 Å². The first-order chi connectivity index (χ1) is 8.82. The van der Waals surface area contributed by atoms with E-state index in [1.54, 1.807) is 13.8 Å². The third-order valence-electron chi connectivity index (χ3n) is 2.51. The summed E-state index contributed by atoms with van der Waals surface area (Å²) in [7, 11) is 0. The molecule has 0 aliphatic carbocycles. The lowest BCUT2D eigenvalue weighted by atomic mass is 10.0. The van der Waals surface area contributed by atoms with Crippen molar-refractivity contribution in [1.29, 1.82) is 0 Å². The minimum atomic E-state index is -1.28. The molecule has 0 radical (unpaired) electrons. The summed E-state index contributed by atoms with van der Waals surface area (Å²) in [5, 5.41) is 11.1. The van der Waals surface area contributed by atoms with Crippen molar-refractivity contribution in [3.63, 3.8) is 0 Å². The number of carboxylic acids is 1. The molecule has 0 spiro atoms. The summed E-state index contributed by atoms with van der Waals surface area (Å²) in [6.07, 6.45) is 0.206. The van der Waals surface area contributed by atoms with Gasteiger partial charge < -0.3 is 10.4 Å². The van der Waals surface area contributed by atoms with Gasteiger partial charge in [-0.2, -0.15) is 0 Å². The number of rotatable bonds is 5. The highest BCUT2D eigenvalue weighted by Gasteiger charge is 2.23. The average Bonchev–Trinajstić information content (AvgIpc) is 2.31. The van der Waals surface area contributed by atoms with E-state index in [0.717, 1.165) is 12.1 Å². The zero-order chi connectivity index (χ0) is 14.6. The van der Waals surface area contributed by atoms with Crippen LogP contribution in [0.3, 0.4) is 0 Å². The second-order valence-electron chi connectivity index (χ2n) is 4.60. The lowest BCUT2D eigenvalue weighted by Crippen LogP contribution is -2.42. The van der Waals surface area contributed by atoms with Gasteiger partial charge in [0.15, 0.2) is 11.6 Å². The Morgan fingerprint density at radius 3 is 2.47 bits per heavy atom. The quantitative estimate of drug-likeness (QED) is 0.862. The number of nitrogens with one attached hydrogen (secondary N) is 1. The van der Waals surface area contributed by atoms with E-state index in [2.05, 4.69) is 5.32 Å². The Morgan fingerprint density at radius 2 is 1.95 bits per heavy atom. The van der Waals surface area contributed by atoms with Crippen LogP contribution in [-0.4, -0.2) is 23.0 Å². The third kappa shape index (κ3) is 4.01. The zero-order valence-electron chi connectivity index (χ0n) is 10.6. The molecule has 0 unspecified atom stereocenters. The fourth-order valence-corrected chi connectivity index (χ4v) is 1.61. The highest BCUT2D eigenvalue weighted by Crippen LogP contribution is 2.12. The van der Waals surface area contributed by atoms with Crippen LogP contribution in [0, 0.1) is 17.6 Å². The van der Waals surface area contributed by atoms with E-state index in [0.29, 0.717) is 0 Å². The van der Waals surface area contributed by atoms with Crippen molar-refractivity contribution in [1.82, 2.24) is 5.32 Å². The van der Waals surface area contributed by atoms with Crippen LogP contribution in [0.1, 0.15) is 30.6 Å². The second-order valence-corrected chi connectivity index (χ2v) is 4.60. The predicted molar refractivity (Wildman–Crippen MR) is 64.7 cm³/mol. The molecule has 0 aromatic heterocycles. The Labute approximate surface area is 109 Å². The van der Waals surface area contributed by atoms with Gasteiger partial charge in [0.2, 0.25) is 0 Å². The third-order valence-corrected chi connectivity index (χ3v) is 2.51. The molecule has 0 aliphatic rings. The molecular weight excluding hydrogens is 256 g/mol. The normalized spacial score (nSPS) is 12.3. The van der Waals surface area contributed by atoms with Crippen LogP contribution >= 0.6 is 0 Å². The standard InChI is InChI=1S/C13H15F2NO3/c1-7(2)6-10(13(18)19)16-12(17)8-4-3-5-9(14)11(8)15/h3-5,7,10H,6H2,1-2H3,(H,16,17)(H,18,19)/t10-/m0/s1. The minimum absolute atomic E-state index is 0.0405. The van der Waals surface area contributed by atoms with Gasteiger partial charge in [-0.3, -0.25) is 4.79 Å². The topological polar surface area (TPSA) is 66.4 Å². The van der Waals surface area contributed by atoms with Gasteiger partial charge >= 0.3 is 5.97 Å².